The Labute approximate surface area is 179 Å². The van der Waals surface area contributed by atoms with E-state index < -0.39 is 5.60 Å². The SMILES string of the molecule is CN1CC[C@@](O)(C#Cc2cccc(-c3cc(NC4CC4)c4ncnc(N)c4n3)c2)C1=O. The Bertz CT molecular complexity index is 1260. The van der Waals surface area contributed by atoms with Gasteiger partial charge < -0.3 is 21.1 Å². The summed E-state index contributed by atoms with van der Waals surface area (Å²) in [6.07, 6.45) is 4.00. The number of hydrogen-bond acceptors (Lipinski definition) is 7. The van der Waals surface area contributed by atoms with Crippen LogP contribution in [0.15, 0.2) is 36.7 Å². The minimum atomic E-state index is -1.63. The molecule has 1 aromatic carbocycles. The third-order valence-electron chi connectivity index (χ3n) is 5.64. The number of fused-ring (bicyclic) bond motifs is 1. The number of nitrogens with two attached hydrogens (primary N) is 1. The molecule has 4 N–H and O–H groups in total. The minimum absolute atomic E-state index is 0.302. The van der Waals surface area contributed by atoms with E-state index in [0.29, 0.717) is 41.4 Å². The maximum absolute atomic E-state index is 12.2. The molecule has 3 heterocycles. The molecule has 0 bridgehead atoms. The van der Waals surface area contributed by atoms with Gasteiger partial charge in [-0.3, -0.25) is 4.79 Å². The van der Waals surface area contributed by atoms with E-state index in [2.05, 4.69) is 27.1 Å². The van der Waals surface area contributed by atoms with Crippen LogP contribution in [0.4, 0.5) is 11.5 Å². The molecule has 8 heteroatoms. The second-order valence-corrected chi connectivity index (χ2v) is 8.10. The highest BCUT2D eigenvalue weighted by Crippen LogP contribution is 2.33. The summed E-state index contributed by atoms with van der Waals surface area (Å²) in [5, 5.41) is 14.0. The lowest BCUT2D eigenvalue weighted by atomic mass is 10.0. The number of likely N-dealkylation sites (N-methyl/N-ethyl adjacent to an activating group) is 1. The summed E-state index contributed by atoms with van der Waals surface area (Å²) in [7, 11) is 1.66. The predicted molar refractivity (Wildman–Crippen MR) is 118 cm³/mol. The first kappa shape index (κ1) is 19.3. The zero-order valence-electron chi connectivity index (χ0n) is 17.1. The summed E-state index contributed by atoms with van der Waals surface area (Å²) in [6, 6.07) is 9.93. The van der Waals surface area contributed by atoms with E-state index in [9.17, 15) is 9.90 Å². The Morgan fingerprint density at radius 1 is 1.26 bits per heavy atom. The molecule has 5 rings (SSSR count). The number of nitrogens with zero attached hydrogens (tertiary/aromatic N) is 4. The topological polar surface area (TPSA) is 117 Å². The van der Waals surface area contributed by atoms with Crippen molar-refractivity contribution in [1.82, 2.24) is 19.9 Å². The third-order valence-corrected chi connectivity index (χ3v) is 5.64. The van der Waals surface area contributed by atoms with Gasteiger partial charge in [-0.2, -0.15) is 0 Å². The molecule has 1 atom stereocenters. The summed E-state index contributed by atoms with van der Waals surface area (Å²) >= 11 is 0. The summed E-state index contributed by atoms with van der Waals surface area (Å²) in [4.78, 5) is 26.8. The highest BCUT2D eigenvalue weighted by Gasteiger charge is 2.42. The Balaban J connectivity index is 1.54. The number of aromatic nitrogens is 3. The largest absolute Gasteiger partial charge is 0.382 e. The van der Waals surface area contributed by atoms with Crippen molar-refractivity contribution in [3.8, 4) is 23.1 Å². The van der Waals surface area contributed by atoms with Crippen LogP contribution < -0.4 is 11.1 Å². The Morgan fingerprint density at radius 2 is 2.10 bits per heavy atom. The maximum atomic E-state index is 12.2. The van der Waals surface area contributed by atoms with Gasteiger partial charge in [-0.15, -0.1) is 0 Å². The van der Waals surface area contributed by atoms with Gasteiger partial charge in [-0.05, 0) is 31.0 Å². The summed E-state index contributed by atoms with van der Waals surface area (Å²) in [5.41, 5.74) is 8.83. The zero-order chi connectivity index (χ0) is 21.6. The molecule has 1 saturated carbocycles. The molecule has 156 valence electrons. The molecule has 2 fully saturated rings. The maximum Gasteiger partial charge on any atom is 0.267 e. The van der Waals surface area contributed by atoms with E-state index in [0.717, 1.165) is 29.8 Å². The van der Waals surface area contributed by atoms with Gasteiger partial charge in [0.1, 0.15) is 17.4 Å². The van der Waals surface area contributed by atoms with E-state index >= 15 is 0 Å². The van der Waals surface area contributed by atoms with Crippen molar-refractivity contribution in [3.05, 3.63) is 42.2 Å². The quantitative estimate of drug-likeness (QED) is 0.559. The van der Waals surface area contributed by atoms with Crippen LogP contribution in [0.5, 0.6) is 0 Å². The molecular formula is C23H22N6O2. The molecule has 2 aliphatic rings. The molecule has 1 amide bonds. The highest BCUT2D eigenvalue weighted by molar-refractivity contribution is 5.95. The highest BCUT2D eigenvalue weighted by atomic mass is 16.3. The average molecular weight is 414 g/mol. The van der Waals surface area contributed by atoms with Crippen LogP contribution in [0.1, 0.15) is 24.8 Å². The number of nitrogens with one attached hydrogen (secondary N) is 1. The summed E-state index contributed by atoms with van der Waals surface area (Å²) in [5.74, 6) is 5.68. The zero-order valence-corrected chi connectivity index (χ0v) is 17.1. The van der Waals surface area contributed by atoms with Crippen molar-refractivity contribution in [2.45, 2.75) is 30.9 Å². The standard InChI is InChI=1S/C23H22N6O2/c1-29-10-9-23(31,22(29)30)8-7-14-3-2-4-15(11-14)17-12-18(27-16-5-6-16)19-20(28-17)21(24)26-13-25-19/h2-4,11-13,16,31H,5-6,9-10H2,1H3,(H,27,28)(H2,24,25,26)/t23-/m0/s1. The lowest BCUT2D eigenvalue weighted by Crippen LogP contribution is -2.37. The van der Waals surface area contributed by atoms with Crippen LogP contribution in [-0.4, -0.2) is 56.1 Å². The van der Waals surface area contributed by atoms with Crippen molar-refractivity contribution in [2.24, 2.45) is 0 Å². The minimum Gasteiger partial charge on any atom is -0.382 e. The van der Waals surface area contributed by atoms with Crippen LogP contribution >= 0.6 is 0 Å². The van der Waals surface area contributed by atoms with E-state index in [1.807, 2.05) is 30.3 Å². The lowest BCUT2D eigenvalue weighted by Gasteiger charge is -2.13. The van der Waals surface area contributed by atoms with Gasteiger partial charge in [0.05, 0.1) is 11.4 Å². The number of hydrogen-bond donors (Lipinski definition) is 3. The number of carbonyl (C=O) groups is 1. The fourth-order valence-electron chi connectivity index (χ4n) is 3.66. The van der Waals surface area contributed by atoms with Gasteiger partial charge in [-0.25, -0.2) is 15.0 Å². The Morgan fingerprint density at radius 3 is 2.84 bits per heavy atom. The lowest BCUT2D eigenvalue weighted by molar-refractivity contribution is -0.137. The van der Waals surface area contributed by atoms with Gasteiger partial charge in [-0.1, -0.05) is 24.0 Å². The monoisotopic (exact) mass is 414 g/mol. The van der Waals surface area contributed by atoms with Crippen LogP contribution in [-0.2, 0) is 4.79 Å². The predicted octanol–water partition coefficient (Wildman–Crippen LogP) is 1.79. The molecule has 1 aliphatic heterocycles. The molecule has 2 aromatic heterocycles. The van der Waals surface area contributed by atoms with Crippen molar-refractivity contribution >= 4 is 28.4 Å². The number of likely N-dealkylation sites (tertiary alicyclic amines) is 1. The number of pyridine rings is 1. The number of benzene rings is 1. The molecule has 0 radical (unpaired) electrons. The number of rotatable bonds is 3. The Hall–Kier alpha value is -3.70. The van der Waals surface area contributed by atoms with E-state index in [1.54, 1.807) is 7.05 Å². The van der Waals surface area contributed by atoms with E-state index in [1.165, 1.54) is 11.2 Å². The van der Waals surface area contributed by atoms with Crippen molar-refractivity contribution < 1.29 is 9.90 Å². The third kappa shape index (κ3) is 3.64. The van der Waals surface area contributed by atoms with Crippen molar-refractivity contribution in [2.75, 3.05) is 24.6 Å². The molecule has 1 saturated heterocycles. The van der Waals surface area contributed by atoms with Gasteiger partial charge >= 0.3 is 0 Å². The first-order chi connectivity index (χ1) is 14.9. The van der Waals surface area contributed by atoms with Crippen LogP contribution in [0, 0.1) is 11.8 Å². The van der Waals surface area contributed by atoms with Crippen molar-refractivity contribution in [3.63, 3.8) is 0 Å². The van der Waals surface area contributed by atoms with Crippen LogP contribution in [0.25, 0.3) is 22.3 Å². The molecule has 8 nitrogen and oxygen atoms in total. The fraction of sp³-hybridized carbons (Fsp3) is 0.304. The first-order valence-corrected chi connectivity index (χ1v) is 10.2. The van der Waals surface area contributed by atoms with Crippen LogP contribution in [0.3, 0.4) is 0 Å². The number of nitrogen functional groups attached to an aromatic ring is 1. The average Bonchev–Trinajstić information content (AvgIpc) is 3.56. The van der Waals surface area contributed by atoms with Crippen molar-refractivity contribution in [1.29, 1.82) is 0 Å². The number of carbonyl (C=O) groups excluding carboxylic acids is 1. The smallest absolute Gasteiger partial charge is 0.267 e. The fourth-order valence-corrected chi connectivity index (χ4v) is 3.66. The number of amides is 1. The van der Waals surface area contributed by atoms with Gasteiger partial charge in [0, 0.05) is 37.2 Å². The molecule has 1 aliphatic carbocycles. The van der Waals surface area contributed by atoms with Gasteiger partial charge in [0.2, 0.25) is 5.60 Å². The molecule has 0 spiro atoms. The summed E-state index contributed by atoms with van der Waals surface area (Å²) in [6.45, 7) is 0.491. The molecule has 31 heavy (non-hydrogen) atoms. The number of aliphatic hydroxyl groups is 1. The van der Waals surface area contributed by atoms with Gasteiger partial charge in [0.25, 0.3) is 5.91 Å². The Kier molecular flexibility index (Phi) is 4.49. The first-order valence-electron chi connectivity index (χ1n) is 10.2. The summed E-state index contributed by atoms with van der Waals surface area (Å²) < 4.78 is 0. The molecule has 0 unspecified atom stereocenters. The van der Waals surface area contributed by atoms with Crippen LogP contribution in [0.2, 0.25) is 0 Å². The van der Waals surface area contributed by atoms with Gasteiger partial charge in [0.15, 0.2) is 5.82 Å². The second kappa shape index (κ2) is 7.22. The second-order valence-electron chi connectivity index (χ2n) is 8.10. The van der Waals surface area contributed by atoms with E-state index in [4.69, 9.17) is 10.7 Å². The normalized spacial score (nSPS) is 20.6. The molecule has 3 aromatic rings. The van der Waals surface area contributed by atoms with E-state index in [-0.39, 0.29) is 5.91 Å². The number of anilines is 2. The molecular weight excluding hydrogens is 392 g/mol.